The second-order valence-electron chi connectivity index (χ2n) is 5.06. The molecule has 0 aliphatic heterocycles. The standard InChI is InChI=1S/C19H13F2NO2/c20-14-9-6-10-15(21)18(14)19(24)22(13-7-2-1-3-8-13)16-11-4-5-12-17(16)23/h1-12,23H. The van der Waals surface area contributed by atoms with Crippen molar-refractivity contribution < 1.29 is 18.7 Å². The van der Waals surface area contributed by atoms with Crippen molar-refractivity contribution >= 4 is 17.3 Å². The molecule has 0 atom stereocenters. The smallest absolute Gasteiger partial charge is 0.268 e. The average Bonchev–Trinajstić information content (AvgIpc) is 2.58. The maximum atomic E-state index is 14.0. The van der Waals surface area contributed by atoms with Crippen LogP contribution in [-0.2, 0) is 0 Å². The summed E-state index contributed by atoms with van der Waals surface area (Å²) in [7, 11) is 0. The molecule has 0 radical (unpaired) electrons. The largest absolute Gasteiger partial charge is 0.506 e. The lowest BCUT2D eigenvalue weighted by molar-refractivity contribution is 0.0990. The Hall–Kier alpha value is -3.21. The van der Waals surface area contributed by atoms with Crippen molar-refractivity contribution in [2.75, 3.05) is 4.90 Å². The summed E-state index contributed by atoms with van der Waals surface area (Å²) in [4.78, 5) is 14.0. The number of carbonyl (C=O) groups is 1. The van der Waals surface area contributed by atoms with Gasteiger partial charge in [0, 0.05) is 5.69 Å². The molecule has 0 fully saturated rings. The van der Waals surface area contributed by atoms with Crippen molar-refractivity contribution in [3.05, 3.63) is 90.0 Å². The van der Waals surface area contributed by atoms with Crippen LogP contribution in [-0.4, -0.2) is 11.0 Å². The number of rotatable bonds is 3. The van der Waals surface area contributed by atoms with Gasteiger partial charge in [-0.1, -0.05) is 36.4 Å². The third kappa shape index (κ3) is 2.84. The summed E-state index contributed by atoms with van der Waals surface area (Å²) in [6.07, 6.45) is 0. The molecule has 1 amide bonds. The molecule has 3 aromatic carbocycles. The number of para-hydroxylation sites is 3. The van der Waals surface area contributed by atoms with Crippen molar-refractivity contribution in [3.8, 4) is 5.75 Å². The number of carbonyl (C=O) groups excluding carboxylic acids is 1. The highest BCUT2D eigenvalue weighted by molar-refractivity contribution is 6.11. The first-order chi connectivity index (χ1) is 11.6. The Bertz CT molecular complexity index is 861. The second kappa shape index (κ2) is 6.50. The van der Waals surface area contributed by atoms with E-state index in [9.17, 15) is 18.7 Å². The van der Waals surface area contributed by atoms with E-state index in [4.69, 9.17) is 0 Å². The predicted molar refractivity (Wildman–Crippen MR) is 87.4 cm³/mol. The average molecular weight is 325 g/mol. The lowest BCUT2D eigenvalue weighted by Gasteiger charge is -2.24. The van der Waals surface area contributed by atoms with Crippen LogP contribution in [0.25, 0.3) is 0 Å². The Kier molecular flexibility index (Phi) is 4.24. The van der Waals surface area contributed by atoms with Gasteiger partial charge < -0.3 is 5.11 Å². The minimum Gasteiger partial charge on any atom is -0.506 e. The number of hydrogen-bond donors (Lipinski definition) is 1. The highest BCUT2D eigenvalue weighted by Gasteiger charge is 2.27. The summed E-state index contributed by atoms with van der Waals surface area (Å²) in [6, 6.07) is 17.7. The van der Waals surface area contributed by atoms with E-state index in [0.717, 1.165) is 17.0 Å². The van der Waals surface area contributed by atoms with E-state index in [-0.39, 0.29) is 11.4 Å². The van der Waals surface area contributed by atoms with E-state index in [1.807, 2.05) is 0 Å². The molecule has 0 saturated heterocycles. The monoisotopic (exact) mass is 325 g/mol. The van der Waals surface area contributed by atoms with E-state index < -0.39 is 23.1 Å². The van der Waals surface area contributed by atoms with Gasteiger partial charge in [0.1, 0.15) is 22.9 Å². The van der Waals surface area contributed by atoms with Crippen molar-refractivity contribution in [2.45, 2.75) is 0 Å². The van der Waals surface area contributed by atoms with Crippen LogP contribution >= 0.6 is 0 Å². The zero-order valence-electron chi connectivity index (χ0n) is 12.5. The van der Waals surface area contributed by atoms with Crippen LogP contribution in [0.4, 0.5) is 20.2 Å². The van der Waals surface area contributed by atoms with Crippen LogP contribution in [0.3, 0.4) is 0 Å². The molecule has 0 aliphatic rings. The van der Waals surface area contributed by atoms with Gasteiger partial charge in [-0.3, -0.25) is 9.69 Å². The number of phenols is 1. The minimum atomic E-state index is -0.962. The number of anilines is 2. The first-order valence-corrected chi connectivity index (χ1v) is 7.21. The van der Waals surface area contributed by atoms with Gasteiger partial charge in [-0.15, -0.1) is 0 Å². The number of phenolic OH excluding ortho intramolecular Hbond substituents is 1. The minimum absolute atomic E-state index is 0.136. The van der Waals surface area contributed by atoms with Crippen LogP contribution in [0.2, 0.25) is 0 Å². The molecule has 24 heavy (non-hydrogen) atoms. The maximum Gasteiger partial charge on any atom is 0.268 e. The molecule has 3 rings (SSSR count). The van der Waals surface area contributed by atoms with E-state index in [1.54, 1.807) is 42.5 Å². The number of halogens is 2. The molecule has 3 nitrogen and oxygen atoms in total. The van der Waals surface area contributed by atoms with Crippen LogP contribution < -0.4 is 4.90 Å². The topological polar surface area (TPSA) is 40.5 Å². The number of benzene rings is 3. The molecule has 0 aliphatic carbocycles. The van der Waals surface area contributed by atoms with E-state index >= 15 is 0 Å². The summed E-state index contributed by atoms with van der Waals surface area (Å²) in [5.74, 6) is -3.00. The normalized spacial score (nSPS) is 10.4. The quantitative estimate of drug-likeness (QED) is 0.761. The van der Waals surface area contributed by atoms with Crippen LogP contribution in [0, 0.1) is 11.6 Å². The van der Waals surface area contributed by atoms with Crippen molar-refractivity contribution in [1.29, 1.82) is 0 Å². The maximum absolute atomic E-state index is 14.0. The molecule has 0 spiro atoms. The first kappa shape index (κ1) is 15.7. The molecule has 0 heterocycles. The SMILES string of the molecule is O=C(c1c(F)cccc1F)N(c1ccccc1)c1ccccc1O. The van der Waals surface area contributed by atoms with E-state index in [1.165, 1.54) is 18.2 Å². The van der Waals surface area contributed by atoms with Gasteiger partial charge in [0.05, 0.1) is 5.69 Å². The molecular weight excluding hydrogens is 312 g/mol. The first-order valence-electron chi connectivity index (χ1n) is 7.21. The van der Waals surface area contributed by atoms with Gasteiger partial charge >= 0.3 is 0 Å². The van der Waals surface area contributed by atoms with Gasteiger partial charge in [0.15, 0.2) is 0 Å². The van der Waals surface area contributed by atoms with Gasteiger partial charge in [0.25, 0.3) is 5.91 Å². The fourth-order valence-electron chi connectivity index (χ4n) is 2.41. The van der Waals surface area contributed by atoms with Crippen molar-refractivity contribution in [3.63, 3.8) is 0 Å². The third-order valence-electron chi connectivity index (χ3n) is 3.52. The molecule has 0 bridgehead atoms. The number of aromatic hydroxyl groups is 1. The predicted octanol–water partition coefficient (Wildman–Crippen LogP) is 4.65. The molecule has 0 unspecified atom stereocenters. The van der Waals surface area contributed by atoms with Crippen molar-refractivity contribution in [2.24, 2.45) is 0 Å². The zero-order valence-corrected chi connectivity index (χ0v) is 12.5. The lowest BCUT2D eigenvalue weighted by atomic mass is 10.1. The summed E-state index contributed by atoms with van der Waals surface area (Å²) in [5, 5.41) is 10.1. The highest BCUT2D eigenvalue weighted by Crippen LogP contribution is 2.34. The zero-order chi connectivity index (χ0) is 17.1. The Morgan fingerprint density at radius 1 is 0.792 bits per heavy atom. The molecule has 5 heteroatoms. The van der Waals surface area contributed by atoms with Gasteiger partial charge in [0.2, 0.25) is 0 Å². The highest BCUT2D eigenvalue weighted by atomic mass is 19.1. The summed E-state index contributed by atoms with van der Waals surface area (Å²) >= 11 is 0. The van der Waals surface area contributed by atoms with Gasteiger partial charge in [-0.2, -0.15) is 0 Å². The lowest BCUT2D eigenvalue weighted by Crippen LogP contribution is -2.28. The summed E-state index contributed by atoms with van der Waals surface area (Å²) < 4.78 is 28.1. The second-order valence-corrected chi connectivity index (χ2v) is 5.06. The van der Waals surface area contributed by atoms with E-state index in [0.29, 0.717) is 5.69 Å². The van der Waals surface area contributed by atoms with Crippen LogP contribution in [0.15, 0.2) is 72.8 Å². The molecule has 120 valence electrons. The van der Waals surface area contributed by atoms with Crippen LogP contribution in [0.5, 0.6) is 5.75 Å². The molecule has 0 saturated carbocycles. The number of hydrogen-bond acceptors (Lipinski definition) is 2. The fraction of sp³-hybridized carbons (Fsp3) is 0. The number of amides is 1. The molecular formula is C19H13F2NO2. The Balaban J connectivity index is 2.19. The summed E-state index contributed by atoms with van der Waals surface area (Å²) in [5.41, 5.74) is -0.160. The Morgan fingerprint density at radius 3 is 2.00 bits per heavy atom. The Labute approximate surface area is 137 Å². The van der Waals surface area contributed by atoms with Gasteiger partial charge in [-0.25, -0.2) is 8.78 Å². The number of nitrogens with zero attached hydrogens (tertiary/aromatic N) is 1. The van der Waals surface area contributed by atoms with Crippen LogP contribution in [0.1, 0.15) is 10.4 Å². The van der Waals surface area contributed by atoms with Crippen molar-refractivity contribution in [1.82, 2.24) is 0 Å². The molecule has 0 aromatic heterocycles. The Morgan fingerprint density at radius 2 is 1.38 bits per heavy atom. The fourth-order valence-corrected chi connectivity index (χ4v) is 2.41. The summed E-state index contributed by atoms with van der Waals surface area (Å²) in [6.45, 7) is 0. The third-order valence-corrected chi connectivity index (χ3v) is 3.52. The molecule has 1 N–H and O–H groups in total. The molecule has 3 aromatic rings. The van der Waals surface area contributed by atoms with E-state index in [2.05, 4.69) is 0 Å². The van der Waals surface area contributed by atoms with Gasteiger partial charge in [-0.05, 0) is 36.4 Å².